The lowest BCUT2D eigenvalue weighted by Crippen LogP contribution is -2.47. The maximum atomic E-state index is 11.2. The lowest BCUT2D eigenvalue weighted by atomic mass is 10.2. The van der Waals surface area contributed by atoms with Crippen LogP contribution in [-0.4, -0.2) is 47.0 Å². The molecule has 1 aromatic rings. The molecule has 1 aliphatic rings. The van der Waals surface area contributed by atoms with Crippen molar-refractivity contribution in [3.8, 4) is 5.75 Å². The van der Waals surface area contributed by atoms with Gasteiger partial charge in [0.2, 0.25) is 5.91 Å². The molecular formula is C15H24N2O2. The second-order valence-electron chi connectivity index (χ2n) is 4.45. The molecule has 0 spiro atoms. The van der Waals surface area contributed by atoms with Gasteiger partial charge in [-0.05, 0) is 17.7 Å². The van der Waals surface area contributed by atoms with Crippen molar-refractivity contribution >= 4 is 5.91 Å². The summed E-state index contributed by atoms with van der Waals surface area (Å²) in [5, 5.41) is 9.39. The van der Waals surface area contributed by atoms with E-state index in [1.165, 1.54) is 0 Å². The van der Waals surface area contributed by atoms with E-state index in [0.29, 0.717) is 5.75 Å². The molecule has 1 fully saturated rings. The monoisotopic (exact) mass is 264 g/mol. The molecule has 0 saturated carbocycles. The number of piperazine rings is 1. The zero-order chi connectivity index (χ0) is 14.3. The van der Waals surface area contributed by atoms with Gasteiger partial charge in [0.15, 0.2) is 0 Å². The molecule has 1 aliphatic heterocycles. The smallest absolute Gasteiger partial charge is 0.219 e. The number of hydrogen-bond acceptors (Lipinski definition) is 3. The molecule has 4 heteroatoms. The third-order valence-corrected chi connectivity index (χ3v) is 3.13. The highest BCUT2D eigenvalue weighted by Gasteiger charge is 2.18. The summed E-state index contributed by atoms with van der Waals surface area (Å²) < 4.78 is 0. The van der Waals surface area contributed by atoms with E-state index in [2.05, 4.69) is 4.90 Å². The topological polar surface area (TPSA) is 43.8 Å². The normalized spacial score (nSPS) is 15.6. The minimum Gasteiger partial charge on any atom is -0.508 e. The summed E-state index contributed by atoms with van der Waals surface area (Å²) in [6.07, 6.45) is 0. The standard InChI is InChI=1S/C13H18N2O2.C2H6/c1-11(16)15-7-5-14(6-8-15)10-12-3-2-4-13(17)9-12;1-2/h2-4,9,17H,5-8,10H2,1H3;1-2H3. The second kappa shape index (κ2) is 7.79. The first kappa shape index (κ1) is 15.5. The van der Waals surface area contributed by atoms with Crippen LogP contribution in [-0.2, 0) is 11.3 Å². The molecule has 1 saturated heterocycles. The Labute approximate surface area is 115 Å². The van der Waals surface area contributed by atoms with Crippen LogP contribution in [0.3, 0.4) is 0 Å². The molecule has 4 nitrogen and oxygen atoms in total. The molecule has 0 aliphatic carbocycles. The van der Waals surface area contributed by atoms with Crippen LogP contribution in [0, 0.1) is 0 Å². The van der Waals surface area contributed by atoms with Gasteiger partial charge in [-0.1, -0.05) is 26.0 Å². The Morgan fingerprint density at radius 3 is 2.37 bits per heavy atom. The predicted octanol–water partition coefficient (Wildman–Crippen LogP) is 2.08. The van der Waals surface area contributed by atoms with Crippen molar-refractivity contribution in [3.63, 3.8) is 0 Å². The summed E-state index contributed by atoms with van der Waals surface area (Å²) in [5.74, 6) is 0.465. The van der Waals surface area contributed by atoms with Gasteiger partial charge in [-0.15, -0.1) is 0 Å². The van der Waals surface area contributed by atoms with Gasteiger partial charge in [0.25, 0.3) is 0 Å². The molecule has 0 radical (unpaired) electrons. The lowest BCUT2D eigenvalue weighted by Gasteiger charge is -2.34. The van der Waals surface area contributed by atoms with Crippen LogP contribution < -0.4 is 0 Å². The van der Waals surface area contributed by atoms with Crippen molar-refractivity contribution in [1.82, 2.24) is 9.80 Å². The molecule has 0 atom stereocenters. The fourth-order valence-corrected chi connectivity index (χ4v) is 2.13. The van der Waals surface area contributed by atoms with Crippen LogP contribution in [0.5, 0.6) is 5.75 Å². The molecule has 0 bridgehead atoms. The number of rotatable bonds is 2. The van der Waals surface area contributed by atoms with Crippen molar-refractivity contribution in [1.29, 1.82) is 0 Å². The fraction of sp³-hybridized carbons (Fsp3) is 0.533. The Balaban J connectivity index is 0.000000861. The highest BCUT2D eigenvalue weighted by Crippen LogP contribution is 2.14. The van der Waals surface area contributed by atoms with Gasteiger partial charge in [-0.3, -0.25) is 9.69 Å². The summed E-state index contributed by atoms with van der Waals surface area (Å²) >= 11 is 0. The number of amides is 1. The highest BCUT2D eigenvalue weighted by molar-refractivity contribution is 5.73. The maximum Gasteiger partial charge on any atom is 0.219 e. The van der Waals surface area contributed by atoms with Crippen LogP contribution in [0.15, 0.2) is 24.3 Å². The van der Waals surface area contributed by atoms with Crippen LogP contribution in [0.25, 0.3) is 0 Å². The molecule has 1 aromatic carbocycles. The second-order valence-corrected chi connectivity index (χ2v) is 4.45. The van der Waals surface area contributed by atoms with Gasteiger partial charge in [0, 0.05) is 39.6 Å². The maximum absolute atomic E-state index is 11.2. The first-order chi connectivity index (χ1) is 9.15. The zero-order valence-electron chi connectivity index (χ0n) is 12.1. The van der Waals surface area contributed by atoms with E-state index in [9.17, 15) is 9.90 Å². The summed E-state index contributed by atoms with van der Waals surface area (Å²) in [7, 11) is 0. The summed E-state index contributed by atoms with van der Waals surface area (Å²) in [4.78, 5) is 15.4. The number of nitrogens with zero attached hydrogens (tertiary/aromatic N) is 2. The van der Waals surface area contributed by atoms with Crippen LogP contribution in [0.2, 0.25) is 0 Å². The van der Waals surface area contributed by atoms with E-state index in [-0.39, 0.29) is 5.91 Å². The van der Waals surface area contributed by atoms with Gasteiger partial charge in [-0.2, -0.15) is 0 Å². The summed E-state index contributed by atoms with van der Waals surface area (Å²) in [6.45, 7) is 9.85. The Kier molecular flexibility index (Phi) is 6.36. The number of phenolic OH excluding ortho intramolecular Hbond substituents is 1. The van der Waals surface area contributed by atoms with Crippen molar-refractivity contribution in [2.75, 3.05) is 26.2 Å². The van der Waals surface area contributed by atoms with Gasteiger partial charge in [0.05, 0.1) is 0 Å². The Bertz CT molecular complexity index is 399. The summed E-state index contributed by atoms with van der Waals surface area (Å²) in [5.41, 5.74) is 1.11. The predicted molar refractivity (Wildman–Crippen MR) is 77.0 cm³/mol. The van der Waals surface area contributed by atoms with E-state index in [1.807, 2.05) is 30.9 Å². The first-order valence-corrected chi connectivity index (χ1v) is 6.91. The molecule has 106 valence electrons. The molecule has 19 heavy (non-hydrogen) atoms. The molecular weight excluding hydrogens is 240 g/mol. The molecule has 0 unspecified atom stereocenters. The van der Waals surface area contributed by atoms with Crippen LogP contribution >= 0.6 is 0 Å². The molecule has 2 rings (SSSR count). The minimum absolute atomic E-state index is 0.155. The largest absolute Gasteiger partial charge is 0.508 e. The number of aromatic hydroxyl groups is 1. The van der Waals surface area contributed by atoms with Gasteiger partial charge >= 0.3 is 0 Å². The molecule has 1 amide bonds. The van der Waals surface area contributed by atoms with Crippen molar-refractivity contribution < 1.29 is 9.90 Å². The Hall–Kier alpha value is -1.55. The highest BCUT2D eigenvalue weighted by atomic mass is 16.3. The molecule has 1 heterocycles. The minimum atomic E-state index is 0.155. The van der Waals surface area contributed by atoms with Crippen molar-refractivity contribution in [2.45, 2.75) is 27.3 Å². The van der Waals surface area contributed by atoms with Crippen molar-refractivity contribution in [3.05, 3.63) is 29.8 Å². The fourth-order valence-electron chi connectivity index (χ4n) is 2.13. The van der Waals surface area contributed by atoms with E-state index in [0.717, 1.165) is 38.3 Å². The van der Waals surface area contributed by atoms with Crippen LogP contribution in [0.4, 0.5) is 0 Å². The van der Waals surface area contributed by atoms with E-state index in [4.69, 9.17) is 0 Å². The van der Waals surface area contributed by atoms with E-state index >= 15 is 0 Å². The third-order valence-electron chi connectivity index (χ3n) is 3.13. The average molecular weight is 264 g/mol. The quantitative estimate of drug-likeness (QED) is 0.889. The number of benzene rings is 1. The average Bonchev–Trinajstić information content (AvgIpc) is 2.41. The van der Waals surface area contributed by atoms with Gasteiger partial charge < -0.3 is 10.0 Å². The number of carbonyl (C=O) groups is 1. The number of hydrogen-bond donors (Lipinski definition) is 1. The van der Waals surface area contributed by atoms with Crippen LogP contribution in [0.1, 0.15) is 26.3 Å². The first-order valence-electron chi connectivity index (χ1n) is 6.91. The molecule has 1 N–H and O–H groups in total. The van der Waals surface area contributed by atoms with Gasteiger partial charge in [-0.25, -0.2) is 0 Å². The lowest BCUT2D eigenvalue weighted by molar-refractivity contribution is -0.130. The summed E-state index contributed by atoms with van der Waals surface area (Å²) in [6, 6.07) is 7.34. The SMILES string of the molecule is CC.CC(=O)N1CCN(Cc2cccc(O)c2)CC1. The number of carbonyl (C=O) groups excluding carboxylic acids is 1. The van der Waals surface area contributed by atoms with Crippen molar-refractivity contribution in [2.24, 2.45) is 0 Å². The Morgan fingerprint density at radius 1 is 1.21 bits per heavy atom. The molecule has 0 aromatic heterocycles. The third kappa shape index (κ3) is 4.91. The van der Waals surface area contributed by atoms with E-state index in [1.54, 1.807) is 19.1 Å². The zero-order valence-corrected chi connectivity index (χ0v) is 12.1. The Morgan fingerprint density at radius 2 is 1.84 bits per heavy atom. The van der Waals surface area contributed by atoms with E-state index < -0.39 is 0 Å². The number of phenols is 1. The van der Waals surface area contributed by atoms with Gasteiger partial charge in [0.1, 0.15) is 5.75 Å².